The van der Waals surface area contributed by atoms with Gasteiger partial charge in [0.05, 0.1) is 19.3 Å². The van der Waals surface area contributed by atoms with Gasteiger partial charge >= 0.3 is 0 Å². The summed E-state index contributed by atoms with van der Waals surface area (Å²) >= 11 is 1.53. The van der Waals surface area contributed by atoms with Crippen molar-refractivity contribution in [2.45, 2.75) is 26.2 Å². The van der Waals surface area contributed by atoms with Gasteiger partial charge in [-0.05, 0) is 19.1 Å². The van der Waals surface area contributed by atoms with Gasteiger partial charge in [-0.2, -0.15) is 0 Å². The molecule has 0 aliphatic heterocycles. The third kappa shape index (κ3) is 3.12. The van der Waals surface area contributed by atoms with Crippen molar-refractivity contribution >= 4 is 21.4 Å². The van der Waals surface area contributed by atoms with Crippen molar-refractivity contribution in [3.8, 4) is 0 Å². The van der Waals surface area contributed by atoms with Gasteiger partial charge in [-0.3, -0.25) is 0 Å². The maximum absolute atomic E-state index is 14.0. The Morgan fingerprint density at radius 1 is 1.42 bits per heavy atom. The van der Waals surface area contributed by atoms with Crippen LogP contribution in [0, 0.1) is 5.82 Å². The second-order valence-electron chi connectivity index (χ2n) is 4.40. The van der Waals surface area contributed by atoms with E-state index in [9.17, 15) is 4.39 Å². The highest BCUT2D eigenvalue weighted by molar-refractivity contribution is 7.19. The zero-order valence-corrected chi connectivity index (χ0v) is 11.9. The summed E-state index contributed by atoms with van der Waals surface area (Å²) in [6.45, 7) is 3.20. The first-order valence-electron chi connectivity index (χ1n) is 6.16. The van der Waals surface area contributed by atoms with E-state index in [1.165, 1.54) is 17.4 Å². The van der Waals surface area contributed by atoms with Crippen LogP contribution in [0.2, 0.25) is 0 Å². The average molecular weight is 283 g/mol. The van der Waals surface area contributed by atoms with E-state index in [4.69, 9.17) is 15.2 Å². The van der Waals surface area contributed by atoms with Crippen LogP contribution < -0.4 is 5.73 Å². The van der Waals surface area contributed by atoms with Crippen LogP contribution in [0.15, 0.2) is 18.2 Å². The Kier molecular flexibility index (Phi) is 4.87. The van der Waals surface area contributed by atoms with Gasteiger partial charge in [0.1, 0.15) is 5.82 Å². The molecule has 0 amide bonds. The van der Waals surface area contributed by atoms with Crippen LogP contribution in [-0.2, 0) is 22.6 Å². The summed E-state index contributed by atoms with van der Waals surface area (Å²) in [5.74, 6) is -0.216. The molecule has 1 aromatic carbocycles. The Morgan fingerprint density at radius 2 is 2.21 bits per heavy atom. The van der Waals surface area contributed by atoms with E-state index in [2.05, 4.69) is 0 Å². The largest absolute Gasteiger partial charge is 0.382 e. The van der Waals surface area contributed by atoms with Gasteiger partial charge in [0.2, 0.25) is 0 Å². The van der Waals surface area contributed by atoms with E-state index in [-0.39, 0.29) is 11.9 Å². The van der Waals surface area contributed by atoms with Gasteiger partial charge in [0, 0.05) is 34.2 Å². The minimum atomic E-state index is -0.216. The van der Waals surface area contributed by atoms with Gasteiger partial charge in [0.25, 0.3) is 0 Å². The van der Waals surface area contributed by atoms with Crippen LogP contribution in [0.4, 0.5) is 4.39 Å². The summed E-state index contributed by atoms with van der Waals surface area (Å²) in [6, 6.07) is 5.09. The standard InChI is InChI=1S/C14H18FNO2S/c1-9(7-17-2)18-8-10-13(6-16)19-12-5-3-4-11(15)14(10)12/h3-5,9H,6-8,16H2,1-2H3. The molecule has 3 nitrogen and oxygen atoms in total. The lowest BCUT2D eigenvalue weighted by Gasteiger charge is -2.12. The second kappa shape index (κ2) is 6.43. The topological polar surface area (TPSA) is 44.5 Å². The number of hydrogen-bond acceptors (Lipinski definition) is 4. The third-order valence-corrected chi connectivity index (χ3v) is 4.17. The maximum atomic E-state index is 14.0. The van der Waals surface area contributed by atoms with Crippen molar-refractivity contribution in [2.75, 3.05) is 13.7 Å². The normalized spacial score (nSPS) is 13.1. The first-order chi connectivity index (χ1) is 9.17. The zero-order valence-electron chi connectivity index (χ0n) is 11.1. The molecule has 0 aliphatic rings. The molecule has 0 fully saturated rings. The first kappa shape index (κ1) is 14.4. The molecule has 0 saturated heterocycles. The van der Waals surface area contributed by atoms with Crippen LogP contribution in [0.1, 0.15) is 17.4 Å². The van der Waals surface area contributed by atoms with E-state index < -0.39 is 0 Å². The SMILES string of the molecule is COCC(C)OCc1c(CN)sc2cccc(F)c12. The maximum Gasteiger partial charge on any atom is 0.132 e. The average Bonchev–Trinajstić information content (AvgIpc) is 2.76. The van der Waals surface area contributed by atoms with E-state index >= 15 is 0 Å². The summed E-state index contributed by atoms with van der Waals surface area (Å²) in [6.07, 6.45) is -0.0302. The summed E-state index contributed by atoms with van der Waals surface area (Å²) in [4.78, 5) is 0.977. The Labute approximate surface area is 116 Å². The van der Waals surface area contributed by atoms with Crippen molar-refractivity contribution in [1.82, 2.24) is 0 Å². The van der Waals surface area contributed by atoms with E-state index in [0.717, 1.165) is 15.1 Å². The fraction of sp³-hybridized carbons (Fsp3) is 0.429. The lowest BCUT2D eigenvalue weighted by molar-refractivity contribution is 0.000145. The Hall–Kier alpha value is -1.01. The minimum Gasteiger partial charge on any atom is -0.382 e. The molecule has 5 heteroatoms. The van der Waals surface area contributed by atoms with Gasteiger partial charge < -0.3 is 15.2 Å². The summed E-state index contributed by atoms with van der Waals surface area (Å²) in [5, 5.41) is 0.637. The predicted octanol–water partition coefficient (Wildman–Crippen LogP) is 3.05. The molecule has 1 unspecified atom stereocenters. The number of methoxy groups -OCH3 is 1. The molecule has 2 rings (SSSR count). The number of hydrogen-bond donors (Lipinski definition) is 1. The van der Waals surface area contributed by atoms with Crippen LogP contribution in [0.5, 0.6) is 0 Å². The molecular weight excluding hydrogens is 265 g/mol. The summed E-state index contributed by atoms with van der Waals surface area (Å²) in [7, 11) is 1.63. The van der Waals surface area contributed by atoms with Gasteiger partial charge in [-0.1, -0.05) is 6.07 Å². The lowest BCUT2D eigenvalue weighted by atomic mass is 10.1. The van der Waals surface area contributed by atoms with Crippen molar-refractivity contribution in [3.05, 3.63) is 34.5 Å². The Morgan fingerprint density at radius 3 is 2.89 bits per heavy atom. The quantitative estimate of drug-likeness (QED) is 0.886. The van der Waals surface area contributed by atoms with Crippen LogP contribution >= 0.6 is 11.3 Å². The summed E-state index contributed by atoms with van der Waals surface area (Å²) in [5.41, 5.74) is 6.60. The molecule has 0 aliphatic carbocycles. The molecule has 2 N–H and O–H groups in total. The smallest absolute Gasteiger partial charge is 0.132 e. The lowest BCUT2D eigenvalue weighted by Crippen LogP contribution is -2.15. The number of fused-ring (bicyclic) bond motifs is 1. The first-order valence-corrected chi connectivity index (χ1v) is 6.98. The van der Waals surface area contributed by atoms with Gasteiger partial charge in [-0.15, -0.1) is 11.3 Å². The highest BCUT2D eigenvalue weighted by atomic mass is 32.1. The molecule has 1 atom stereocenters. The van der Waals surface area contributed by atoms with Crippen molar-refractivity contribution in [1.29, 1.82) is 0 Å². The molecule has 1 aromatic heterocycles. The molecule has 0 saturated carbocycles. The molecule has 1 heterocycles. The number of nitrogens with two attached hydrogens (primary N) is 1. The molecule has 19 heavy (non-hydrogen) atoms. The minimum absolute atomic E-state index is 0.0302. The third-order valence-electron chi connectivity index (χ3n) is 2.95. The van der Waals surface area contributed by atoms with Crippen LogP contribution in [0.3, 0.4) is 0 Å². The van der Waals surface area contributed by atoms with E-state index in [1.54, 1.807) is 13.2 Å². The number of ether oxygens (including phenoxy) is 2. The predicted molar refractivity (Wildman–Crippen MR) is 75.8 cm³/mol. The number of benzene rings is 1. The molecule has 0 bridgehead atoms. The van der Waals surface area contributed by atoms with Crippen molar-refractivity contribution in [3.63, 3.8) is 0 Å². The zero-order chi connectivity index (χ0) is 13.8. The number of rotatable bonds is 6. The number of thiophene rings is 1. The van der Waals surface area contributed by atoms with Crippen LogP contribution in [-0.4, -0.2) is 19.8 Å². The molecule has 0 radical (unpaired) electrons. The molecule has 104 valence electrons. The van der Waals surface area contributed by atoms with Crippen molar-refractivity contribution in [2.24, 2.45) is 5.73 Å². The van der Waals surface area contributed by atoms with Crippen molar-refractivity contribution < 1.29 is 13.9 Å². The highest BCUT2D eigenvalue weighted by Gasteiger charge is 2.15. The molecular formula is C14H18FNO2S. The van der Waals surface area contributed by atoms with E-state index in [0.29, 0.717) is 25.1 Å². The summed E-state index contributed by atoms with van der Waals surface area (Å²) < 4.78 is 25.6. The highest BCUT2D eigenvalue weighted by Crippen LogP contribution is 2.33. The Balaban J connectivity index is 2.29. The van der Waals surface area contributed by atoms with E-state index in [1.807, 2.05) is 13.0 Å². The fourth-order valence-electron chi connectivity index (χ4n) is 2.04. The van der Waals surface area contributed by atoms with Gasteiger partial charge in [-0.25, -0.2) is 4.39 Å². The van der Waals surface area contributed by atoms with Gasteiger partial charge in [0.15, 0.2) is 0 Å². The molecule has 0 spiro atoms. The number of halogens is 1. The monoisotopic (exact) mass is 283 g/mol. The van der Waals surface area contributed by atoms with Crippen LogP contribution in [0.25, 0.3) is 10.1 Å². The fourth-order valence-corrected chi connectivity index (χ4v) is 3.14. The molecule has 2 aromatic rings. The second-order valence-corrected chi connectivity index (χ2v) is 5.53. The Bertz CT molecular complexity index is 556.